The fourth-order valence-corrected chi connectivity index (χ4v) is 5.32. The van der Waals surface area contributed by atoms with Crippen LogP contribution in [-0.2, 0) is 17.6 Å². The topological polar surface area (TPSA) is 84.1 Å². The molecule has 2 aromatic carbocycles. The molecule has 0 saturated heterocycles. The van der Waals surface area contributed by atoms with Crippen molar-refractivity contribution in [3.63, 3.8) is 0 Å². The van der Waals surface area contributed by atoms with Crippen molar-refractivity contribution in [3.05, 3.63) is 75.4 Å². The molecular weight excluding hydrogens is 422 g/mol. The Morgan fingerprint density at radius 1 is 1.03 bits per heavy atom. The van der Waals surface area contributed by atoms with Crippen molar-refractivity contribution in [3.8, 4) is 17.1 Å². The van der Waals surface area contributed by atoms with Gasteiger partial charge in [0.25, 0.3) is 11.5 Å². The van der Waals surface area contributed by atoms with Gasteiger partial charge in [0.2, 0.25) is 0 Å². The second kappa shape index (κ2) is 8.96. The van der Waals surface area contributed by atoms with Crippen LogP contribution < -0.4 is 15.6 Å². The number of carbonyl (C=O) groups excluding carboxylic acids is 1. The van der Waals surface area contributed by atoms with Crippen molar-refractivity contribution < 1.29 is 9.53 Å². The number of hydrogen-bond acceptors (Lipinski definition) is 5. The number of carbonyl (C=O) groups is 1. The Morgan fingerprint density at radius 3 is 2.62 bits per heavy atom. The summed E-state index contributed by atoms with van der Waals surface area (Å²) in [5.41, 5.74) is 2.66. The number of para-hydroxylation sites is 1. The minimum atomic E-state index is -0.228. The van der Waals surface area contributed by atoms with Gasteiger partial charge in [-0.25, -0.2) is 4.98 Å². The quantitative estimate of drug-likeness (QED) is 0.426. The molecule has 32 heavy (non-hydrogen) atoms. The largest absolute Gasteiger partial charge is 0.484 e. The number of aryl methyl sites for hydroxylation is 2. The molecule has 7 heteroatoms. The summed E-state index contributed by atoms with van der Waals surface area (Å²) in [6.07, 6.45) is 5.52. The zero-order chi connectivity index (χ0) is 21.9. The van der Waals surface area contributed by atoms with Crippen LogP contribution >= 0.6 is 11.3 Å². The van der Waals surface area contributed by atoms with E-state index in [-0.39, 0.29) is 18.1 Å². The van der Waals surface area contributed by atoms with Gasteiger partial charge in [0, 0.05) is 16.1 Å². The number of rotatable bonds is 5. The van der Waals surface area contributed by atoms with Crippen LogP contribution in [0.1, 0.15) is 29.7 Å². The van der Waals surface area contributed by atoms with E-state index in [0.717, 1.165) is 40.7 Å². The average Bonchev–Trinajstić information content (AvgIpc) is 3.00. The molecule has 0 bridgehead atoms. The Labute approximate surface area is 189 Å². The van der Waals surface area contributed by atoms with Crippen molar-refractivity contribution in [2.45, 2.75) is 32.1 Å². The zero-order valence-electron chi connectivity index (χ0n) is 17.5. The molecule has 1 aliphatic carbocycles. The molecule has 162 valence electrons. The summed E-state index contributed by atoms with van der Waals surface area (Å²) >= 11 is 1.65. The highest BCUT2D eigenvalue weighted by molar-refractivity contribution is 7.18. The molecule has 0 atom stereocenters. The van der Waals surface area contributed by atoms with E-state index in [1.54, 1.807) is 23.5 Å². The van der Waals surface area contributed by atoms with Crippen LogP contribution in [0.3, 0.4) is 0 Å². The number of benzene rings is 2. The van der Waals surface area contributed by atoms with Crippen LogP contribution in [0.15, 0.2) is 59.4 Å². The van der Waals surface area contributed by atoms with Crippen LogP contribution in [-0.4, -0.2) is 22.5 Å². The number of aromatic amines is 1. The lowest BCUT2D eigenvalue weighted by Crippen LogP contribution is -2.20. The maximum absolute atomic E-state index is 12.9. The number of fused-ring (bicyclic) bond motifs is 3. The highest BCUT2D eigenvalue weighted by Gasteiger charge is 2.19. The second-order valence-electron chi connectivity index (χ2n) is 7.89. The Hall–Kier alpha value is -3.45. The number of anilines is 1. The van der Waals surface area contributed by atoms with E-state index in [1.807, 2.05) is 42.5 Å². The van der Waals surface area contributed by atoms with Gasteiger partial charge in [0.15, 0.2) is 6.61 Å². The summed E-state index contributed by atoms with van der Waals surface area (Å²) in [5.74, 6) is 0.893. The molecule has 1 amide bonds. The number of hydrogen-bond donors (Lipinski definition) is 2. The van der Waals surface area contributed by atoms with E-state index in [0.29, 0.717) is 11.6 Å². The number of nitrogens with zero attached hydrogens (tertiary/aromatic N) is 1. The van der Waals surface area contributed by atoms with E-state index >= 15 is 0 Å². The normalized spacial score (nSPS) is 13.4. The molecule has 6 nitrogen and oxygen atoms in total. The van der Waals surface area contributed by atoms with Gasteiger partial charge in [-0.05, 0) is 67.6 Å². The minimum Gasteiger partial charge on any atom is -0.484 e. The lowest BCUT2D eigenvalue weighted by Gasteiger charge is -2.08. The fraction of sp³-hybridized carbons (Fsp3) is 0.240. The number of aromatic nitrogens is 2. The molecule has 5 rings (SSSR count). The molecule has 0 aliphatic heterocycles. The van der Waals surface area contributed by atoms with Crippen LogP contribution in [0.4, 0.5) is 5.69 Å². The third kappa shape index (κ3) is 4.29. The number of thiophene rings is 1. The van der Waals surface area contributed by atoms with Crippen molar-refractivity contribution in [2.75, 3.05) is 11.9 Å². The lowest BCUT2D eigenvalue weighted by atomic mass is 10.1. The Balaban J connectivity index is 1.30. The third-order valence-electron chi connectivity index (χ3n) is 5.63. The number of ether oxygens (including phenoxy) is 1. The summed E-state index contributed by atoms with van der Waals surface area (Å²) in [6.45, 7) is -0.0873. The maximum Gasteiger partial charge on any atom is 0.262 e. The average molecular weight is 446 g/mol. The zero-order valence-corrected chi connectivity index (χ0v) is 18.3. The predicted molar refractivity (Wildman–Crippen MR) is 128 cm³/mol. The summed E-state index contributed by atoms with van der Waals surface area (Å²) in [4.78, 5) is 34.7. The van der Waals surface area contributed by atoms with Crippen molar-refractivity contribution in [1.82, 2.24) is 9.97 Å². The molecule has 0 radical (unpaired) electrons. The first-order valence-electron chi connectivity index (χ1n) is 10.8. The Kier molecular flexibility index (Phi) is 5.73. The second-order valence-corrected chi connectivity index (χ2v) is 8.97. The van der Waals surface area contributed by atoms with Crippen LogP contribution in [0, 0.1) is 0 Å². The highest BCUT2D eigenvalue weighted by Crippen LogP contribution is 2.33. The molecule has 0 unspecified atom stereocenters. The summed E-state index contributed by atoms with van der Waals surface area (Å²) in [6, 6.07) is 16.5. The van der Waals surface area contributed by atoms with E-state index in [4.69, 9.17) is 9.72 Å². The molecule has 0 saturated carbocycles. The maximum atomic E-state index is 12.9. The Morgan fingerprint density at radius 2 is 1.81 bits per heavy atom. The first-order chi connectivity index (χ1) is 15.7. The minimum absolute atomic E-state index is 0.0673. The van der Waals surface area contributed by atoms with Gasteiger partial charge < -0.3 is 15.0 Å². The van der Waals surface area contributed by atoms with E-state index in [2.05, 4.69) is 10.3 Å². The fourth-order valence-electron chi connectivity index (χ4n) is 4.05. The standard InChI is InChI=1S/C25H23N3O3S/c29-21(26-17-7-3-1-4-8-17)15-31-18-13-11-16(12-14-18)23-27-24(30)22-19-9-5-2-6-10-20(19)32-25(22)28-23/h1,3-4,7-8,11-14H,2,5-6,9-10,15H2,(H,26,29)(H,27,28,30). The van der Waals surface area contributed by atoms with Crippen molar-refractivity contribution in [1.29, 1.82) is 0 Å². The van der Waals surface area contributed by atoms with Crippen LogP contribution in [0.5, 0.6) is 5.75 Å². The first-order valence-corrected chi connectivity index (χ1v) is 11.6. The predicted octanol–water partition coefficient (Wildman–Crippen LogP) is 4.94. The number of amides is 1. The van der Waals surface area contributed by atoms with Gasteiger partial charge in [-0.1, -0.05) is 24.6 Å². The molecule has 4 aromatic rings. The molecule has 0 spiro atoms. The van der Waals surface area contributed by atoms with Gasteiger partial charge in [-0.3, -0.25) is 9.59 Å². The number of H-pyrrole nitrogens is 1. The van der Waals surface area contributed by atoms with Gasteiger partial charge in [0.1, 0.15) is 16.4 Å². The molecular formula is C25H23N3O3S. The van der Waals surface area contributed by atoms with Gasteiger partial charge in [-0.15, -0.1) is 11.3 Å². The highest BCUT2D eigenvalue weighted by atomic mass is 32.1. The molecule has 2 aromatic heterocycles. The molecule has 0 fully saturated rings. The monoisotopic (exact) mass is 445 g/mol. The third-order valence-corrected chi connectivity index (χ3v) is 6.82. The van der Waals surface area contributed by atoms with Gasteiger partial charge in [0.05, 0.1) is 5.39 Å². The SMILES string of the molecule is O=C(COc1ccc(-c2nc3sc4c(c3c(=O)[nH]2)CCCCC4)cc1)Nc1ccccc1. The van der Waals surface area contributed by atoms with Gasteiger partial charge in [-0.2, -0.15) is 0 Å². The smallest absolute Gasteiger partial charge is 0.262 e. The van der Waals surface area contributed by atoms with Crippen molar-refractivity contribution in [2.24, 2.45) is 0 Å². The van der Waals surface area contributed by atoms with Crippen molar-refractivity contribution >= 4 is 33.1 Å². The number of nitrogens with one attached hydrogen (secondary N) is 2. The van der Waals surface area contributed by atoms with Crippen LogP contribution in [0.2, 0.25) is 0 Å². The molecule has 2 N–H and O–H groups in total. The summed E-state index contributed by atoms with van der Waals surface area (Å²) < 4.78 is 5.59. The van der Waals surface area contributed by atoms with Gasteiger partial charge >= 0.3 is 0 Å². The summed E-state index contributed by atoms with van der Waals surface area (Å²) in [5, 5.41) is 3.55. The van der Waals surface area contributed by atoms with E-state index in [9.17, 15) is 9.59 Å². The molecule has 2 heterocycles. The van der Waals surface area contributed by atoms with Crippen LogP contribution in [0.25, 0.3) is 21.6 Å². The summed E-state index contributed by atoms with van der Waals surface area (Å²) in [7, 11) is 0. The first kappa shape index (κ1) is 20.5. The lowest BCUT2D eigenvalue weighted by molar-refractivity contribution is -0.118. The Bertz CT molecular complexity index is 1310. The van der Waals surface area contributed by atoms with E-state index < -0.39 is 0 Å². The van der Waals surface area contributed by atoms with E-state index in [1.165, 1.54) is 23.3 Å². The molecule has 1 aliphatic rings.